The molecule has 2 amide bonds. The van der Waals surface area contributed by atoms with Crippen LogP contribution in [0.5, 0.6) is 0 Å². The molecule has 3 aromatic rings. The van der Waals surface area contributed by atoms with Crippen molar-refractivity contribution in [3.8, 4) is 17.1 Å². The number of anilines is 1. The summed E-state index contributed by atoms with van der Waals surface area (Å²) in [5, 5.41) is 10.4. The molecule has 30 heavy (non-hydrogen) atoms. The second kappa shape index (κ2) is 8.18. The average Bonchev–Trinajstić information content (AvgIpc) is 3.09. The van der Waals surface area contributed by atoms with Crippen molar-refractivity contribution in [2.75, 3.05) is 11.9 Å². The molecular weight excluding hydrogens is 380 g/mol. The molecule has 7 nitrogen and oxygen atoms in total. The Bertz CT molecular complexity index is 1050. The zero-order valence-electron chi connectivity index (χ0n) is 17.4. The molecule has 0 aliphatic heterocycles. The minimum atomic E-state index is -0.185. The van der Waals surface area contributed by atoms with Crippen LogP contribution < -0.4 is 10.6 Å². The summed E-state index contributed by atoms with van der Waals surface area (Å²) in [6, 6.07) is 11.5. The van der Waals surface area contributed by atoms with Crippen LogP contribution in [0.15, 0.2) is 47.1 Å². The van der Waals surface area contributed by atoms with Gasteiger partial charge >= 0.3 is 0 Å². The number of rotatable bonds is 7. The lowest BCUT2D eigenvalue weighted by Gasteiger charge is -2.11. The van der Waals surface area contributed by atoms with Gasteiger partial charge in [0.1, 0.15) is 11.5 Å². The standard InChI is InChI=1S/C23H26N4O3/c1-14-9-15(2)11-17(10-14)27-21(13-19(26-27)20-5-4-8-30-20)25-22(28)6-7-24-23(29)18-12-16(18)3/h4-5,8-11,13,16,18H,6-7,12H2,1-3H3,(H,24,29)(H,25,28)/t16-,18+/m0/s1. The number of amides is 2. The van der Waals surface area contributed by atoms with Gasteiger partial charge in [0.05, 0.1) is 12.0 Å². The molecule has 2 N–H and O–H groups in total. The Morgan fingerprint density at radius 1 is 1.20 bits per heavy atom. The normalized spacial score (nSPS) is 17.6. The number of carbonyl (C=O) groups excluding carboxylic acids is 2. The number of furan rings is 1. The molecule has 0 radical (unpaired) electrons. The molecule has 2 heterocycles. The predicted octanol–water partition coefficient (Wildman–Crippen LogP) is 3.85. The maximum atomic E-state index is 12.5. The fourth-order valence-electron chi connectivity index (χ4n) is 3.61. The molecule has 2 atom stereocenters. The second-order valence-electron chi connectivity index (χ2n) is 8.06. The minimum Gasteiger partial charge on any atom is -0.463 e. The van der Waals surface area contributed by atoms with Gasteiger partial charge in [-0.2, -0.15) is 5.10 Å². The smallest absolute Gasteiger partial charge is 0.227 e. The van der Waals surface area contributed by atoms with Gasteiger partial charge in [-0.05, 0) is 61.6 Å². The first-order valence-corrected chi connectivity index (χ1v) is 10.2. The maximum Gasteiger partial charge on any atom is 0.227 e. The van der Waals surface area contributed by atoms with Crippen molar-refractivity contribution >= 4 is 17.6 Å². The number of nitrogens with one attached hydrogen (secondary N) is 2. The van der Waals surface area contributed by atoms with E-state index in [4.69, 9.17) is 4.42 Å². The molecule has 4 rings (SSSR count). The summed E-state index contributed by atoms with van der Waals surface area (Å²) < 4.78 is 7.18. The Kier molecular flexibility index (Phi) is 5.44. The lowest BCUT2D eigenvalue weighted by Crippen LogP contribution is -2.29. The number of benzene rings is 1. The van der Waals surface area contributed by atoms with E-state index < -0.39 is 0 Å². The van der Waals surface area contributed by atoms with Crippen LogP contribution in [0.2, 0.25) is 0 Å². The van der Waals surface area contributed by atoms with Crippen molar-refractivity contribution in [2.45, 2.75) is 33.6 Å². The van der Waals surface area contributed by atoms with E-state index in [1.54, 1.807) is 23.1 Å². The van der Waals surface area contributed by atoms with Crippen LogP contribution in [-0.4, -0.2) is 28.1 Å². The van der Waals surface area contributed by atoms with Gasteiger partial charge in [-0.3, -0.25) is 9.59 Å². The third kappa shape index (κ3) is 4.45. The van der Waals surface area contributed by atoms with Crippen molar-refractivity contribution in [3.05, 3.63) is 53.8 Å². The van der Waals surface area contributed by atoms with E-state index in [1.165, 1.54) is 0 Å². The monoisotopic (exact) mass is 406 g/mol. The van der Waals surface area contributed by atoms with Crippen LogP contribution in [-0.2, 0) is 9.59 Å². The Morgan fingerprint density at radius 3 is 2.57 bits per heavy atom. The molecule has 1 aromatic carbocycles. The molecule has 0 bridgehead atoms. The van der Waals surface area contributed by atoms with Gasteiger partial charge < -0.3 is 15.1 Å². The Balaban J connectivity index is 1.50. The van der Waals surface area contributed by atoms with Gasteiger partial charge in [0.25, 0.3) is 0 Å². The summed E-state index contributed by atoms with van der Waals surface area (Å²) in [6.45, 7) is 6.42. The van der Waals surface area contributed by atoms with Crippen LogP contribution in [0.25, 0.3) is 17.1 Å². The fourth-order valence-corrected chi connectivity index (χ4v) is 3.61. The number of nitrogens with zero attached hydrogens (tertiary/aromatic N) is 2. The molecule has 0 saturated heterocycles. The van der Waals surface area contributed by atoms with Crippen molar-refractivity contribution in [1.82, 2.24) is 15.1 Å². The summed E-state index contributed by atoms with van der Waals surface area (Å²) in [5.74, 6) is 1.59. The molecular formula is C23H26N4O3. The van der Waals surface area contributed by atoms with Gasteiger partial charge in [0.15, 0.2) is 5.76 Å². The number of carbonyl (C=O) groups is 2. The largest absolute Gasteiger partial charge is 0.463 e. The number of aryl methyl sites for hydroxylation is 2. The zero-order chi connectivity index (χ0) is 21.3. The summed E-state index contributed by atoms with van der Waals surface area (Å²) in [4.78, 5) is 24.5. The highest BCUT2D eigenvalue weighted by Gasteiger charge is 2.38. The third-order valence-electron chi connectivity index (χ3n) is 5.30. The zero-order valence-corrected chi connectivity index (χ0v) is 17.4. The highest BCUT2D eigenvalue weighted by Crippen LogP contribution is 2.37. The Morgan fingerprint density at radius 2 is 1.93 bits per heavy atom. The number of hydrogen-bond donors (Lipinski definition) is 2. The summed E-state index contributed by atoms with van der Waals surface area (Å²) in [7, 11) is 0. The molecule has 0 spiro atoms. The lowest BCUT2D eigenvalue weighted by molar-refractivity contribution is -0.122. The number of aromatic nitrogens is 2. The van der Waals surface area contributed by atoms with Crippen LogP contribution in [0, 0.1) is 25.7 Å². The quantitative estimate of drug-likeness (QED) is 0.624. The third-order valence-corrected chi connectivity index (χ3v) is 5.30. The summed E-state index contributed by atoms with van der Waals surface area (Å²) in [5.41, 5.74) is 3.70. The molecule has 1 fully saturated rings. The average molecular weight is 406 g/mol. The second-order valence-corrected chi connectivity index (χ2v) is 8.06. The lowest BCUT2D eigenvalue weighted by atomic mass is 10.1. The van der Waals surface area contributed by atoms with Crippen molar-refractivity contribution in [2.24, 2.45) is 11.8 Å². The topological polar surface area (TPSA) is 89.2 Å². The molecule has 1 aliphatic rings. The number of hydrogen-bond acceptors (Lipinski definition) is 4. The van der Waals surface area contributed by atoms with Gasteiger partial charge in [-0.25, -0.2) is 4.68 Å². The molecule has 1 saturated carbocycles. The Hall–Kier alpha value is -3.35. The molecule has 1 aliphatic carbocycles. The molecule has 156 valence electrons. The van der Waals surface area contributed by atoms with E-state index >= 15 is 0 Å². The van der Waals surface area contributed by atoms with E-state index in [0.29, 0.717) is 29.7 Å². The maximum absolute atomic E-state index is 12.5. The van der Waals surface area contributed by atoms with Crippen molar-refractivity contribution in [3.63, 3.8) is 0 Å². The van der Waals surface area contributed by atoms with E-state index in [2.05, 4.69) is 28.7 Å². The van der Waals surface area contributed by atoms with Crippen LogP contribution >= 0.6 is 0 Å². The van der Waals surface area contributed by atoms with Gasteiger partial charge in [0.2, 0.25) is 11.8 Å². The molecule has 7 heteroatoms. The molecule has 2 aromatic heterocycles. The van der Waals surface area contributed by atoms with Gasteiger partial charge in [-0.15, -0.1) is 0 Å². The SMILES string of the molecule is Cc1cc(C)cc(-n2nc(-c3ccco3)cc2NC(=O)CCNC(=O)[C@@H]2C[C@@H]2C)c1. The first kappa shape index (κ1) is 19.9. The Labute approximate surface area is 175 Å². The molecule has 0 unspecified atom stereocenters. The first-order chi connectivity index (χ1) is 14.4. The van der Waals surface area contributed by atoms with Crippen molar-refractivity contribution in [1.29, 1.82) is 0 Å². The van der Waals surface area contributed by atoms with Gasteiger partial charge in [0, 0.05) is 24.9 Å². The fraction of sp³-hybridized carbons (Fsp3) is 0.348. The van der Waals surface area contributed by atoms with E-state index in [0.717, 1.165) is 23.2 Å². The van der Waals surface area contributed by atoms with Crippen LogP contribution in [0.3, 0.4) is 0 Å². The highest BCUT2D eigenvalue weighted by molar-refractivity contribution is 5.91. The van der Waals surface area contributed by atoms with Crippen LogP contribution in [0.4, 0.5) is 5.82 Å². The first-order valence-electron chi connectivity index (χ1n) is 10.2. The minimum absolute atomic E-state index is 0.0377. The van der Waals surface area contributed by atoms with Crippen LogP contribution in [0.1, 0.15) is 30.9 Å². The highest BCUT2D eigenvalue weighted by atomic mass is 16.3. The summed E-state index contributed by atoms with van der Waals surface area (Å²) in [6.07, 6.45) is 2.72. The van der Waals surface area contributed by atoms with Gasteiger partial charge in [-0.1, -0.05) is 13.0 Å². The van der Waals surface area contributed by atoms with Crippen molar-refractivity contribution < 1.29 is 14.0 Å². The van der Waals surface area contributed by atoms with E-state index in [-0.39, 0.29) is 24.2 Å². The predicted molar refractivity (Wildman–Crippen MR) is 114 cm³/mol. The van der Waals surface area contributed by atoms with E-state index in [1.807, 2.05) is 32.0 Å². The summed E-state index contributed by atoms with van der Waals surface area (Å²) >= 11 is 0. The van der Waals surface area contributed by atoms with E-state index in [9.17, 15) is 9.59 Å².